The van der Waals surface area contributed by atoms with Crippen molar-refractivity contribution in [2.45, 2.75) is 32.6 Å². The second-order valence-electron chi connectivity index (χ2n) is 5.03. The van der Waals surface area contributed by atoms with Crippen molar-refractivity contribution in [3.63, 3.8) is 0 Å². The fraction of sp³-hybridized carbons (Fsp3) is 0.600. The zero-order valence-electron chi connectivity index (χ0n) is 12.9. The molecule has 120 valence electrons. The molecule has 0 heterocycles. The van der Waals surface area contributed by atoms with E-state index in [1.165, 1.54) is 12.1 Å². The molecule has 0 radical (unpaired) electrons. The molecule has 1 aromatic carbocycles. The SMILES string of the molecule is CCNCc1ccc(N(C)C(C)COC)cc1C(F)(F)F. The lowest BCUT2D eigenvalue weighted by Gasteiger charge is -2.27. The monoisotopic (exact) mass is 304 g/mol. The van der Waals surface area contributed by atoms with Crippen LogP contribution in [0.4, 0.5) is 18.9 Å². The van der Waals surface area contributed by atoms with Crippen LogP contribution in [0.5, 0.6) is 0 Å². The normalized spacial score (nSPS) is 13.3. The van der Waals surface area contributed by atoms with Gasteiger partial charge >= 0.3 is 6.18 Å². The molecule has 0 saturated carbocycles. The van der Waals surface area contributed by atoms with Gasteiger partial charge in [-0.05, 0) is 31.2 Å². The smallest absolute Gasteiger partial charge is 0.383 e. The maximum Gasteiger partial charge on any atom is 0.416 e. The Labute approximate surface area is 124 Å². The minimum absolute atomic E-state index is 0.00398. The van der Waals surface area contributed by atoms with Crippen LogP contribution in [-0.4, -0.2) is 33.4 Å². The molecule has 0 fully saturated rings. The summed E-state index contributed by atoms with van der Waals surface area (Å²) in [6.45, 7) is 5.06. The van der Waals surface area contributed by atoms with E-state index in [0.717, 1.165) is 0 Å². The van der Waals surface area contributed by atoms with Crippen LogP contribution in [0, 0.1) is 0 Å². The summed E-state index contributed by atoms with van der Waals surface area (Å²) in [5, 5.41) is 2.94. The van der Waals surface area contributed by atoms with Crippen molar-refractivity contribution >= 4 is 5.69 Å². The van der Waals surface area contributed by atoms with E-state index in [0.29, 0.717) is 18.8 Å². The number of methoxy groups -OCH3 is 1. The van der Waals surface area contributed by atoms with Crippen molar-refractivity contribution < 1.29 is 17.9 Å². The van der Waals surface area contributed by atoms with Crippen molar-refractivity contribution in [2.75, 3.05) is 32.2 Å². The van der Waals surface area contributed by atoms with Crippen molar-refractivity contribution in [3.8, 4) is 0 Å². The van der Waals surface area contributed by atoms with Gasteiger partial charge in [-0.3, -0.25) is 0 Å². The molecule has 0 amide bonds. The van der Waals surface area contributed by atoms with E-state index in [9.17, 15) is 13.2 Å². The predicted molar refractivity (Wildman–Crippen MR) is 78.6 cm³/mol. The molecule has 1 unspecified atom stereocenters. The van der Waals surface area contributed by atoms with Gasteiger partial charge in [0.15, 0.2) is 0 Å². The van der Waals surface area contributed by atoms with Gasteiger partial charge in [0.25, 0.3) is 0 Å². The number of ether oxygens (including phenoxy) is 1. The second kappa shape index (κ2) is 7.66. The van der Waals surface area contributed by atoms with E-state index in [4.69, 9.17) is 4.74 Å². The maximum atomic E-state index is 13.2. The number of hydrogen-bond donors (Lipinski definition) is 1. The first-order valence-corrected chi connectivity index (χ1v) is 6.93. The van der Waals surface area contributed by atoms with Gasteiger partial charge in [0.2, 0.25) is 0 Å². The second-order valence-corrected chi connectivity index (χ2v) is 5.03. The molecule has 0 bridgehead atoms. The number of nitrogens with zero attached hydrogens (tertiary/aromatic N) is 1. The van der Waals surface area contributed by atoms with Crippen LogP contribution in [0.25, 0.3) is 0 Å². The Hall–Kier alpha value is -1.27. The zero-order chi connectivity index (χ0) is 16.0. The molecule has 0 aromatic heterocycles. The summed E-state index contributed by atoms with van der Waals surface area (Å²) in [6.07, 6.45) is -4.36. The molecule has 21 heavy (non-hydrogen) atoms. The van der Waals surface area contributed by atoms with Gasteiger partial charge in [-0.2, -0.15) is 13.2 Å². The third kappa shape index (κ3) is 4.89. The third-order valence-electron chi connectivity index (χ3n) is 3.44. The maximum absolute atomic E-state index is 13.2. The molecule has 0 saturated heterocycles. The Kier molecular flexibility index (Phi) is 6.48. The number of nitrogens with one attached hydrogen (secondary N) is 1. The average Bonchev–Trinajstić information content (AvgIpc) is 2.43. The number of benzene rings is 1. The first-order valence-electron chi connectivity index (χ1n) is 6.93. The van der Waals surface area contributed by atoms with Gasteiger partial charge in [0.1, 0.15) is 0 Å². The fourth-order valence-corrected chi connectivity index (χ4v) is 2.07. The van der Waals surface area contributed by atoms with Gasteiger partial charge in [0.05, 0.1) is 12.2 Å². The standard InChI is InChI=1S/C15H23F3N2O/c1-5-19-9-12-6-7-13(8-14(12)15(16,17)18)20(3)11(2)10-21-4/h6-8,11,19H,5,9-10H2,1-4H3. The summed E-state index contributed by atoms with van der Waals surface area (Å²) in [5.74, 6) is 0. The molecule has 6 heteroatoms. The van der Waals surface area contributed by atoms with E-state index in [1.807, 2.05) is 13.8 Å². The lowest BCUT2D eigenvalue weighted by Crippen LogP contribution is -2.32. The first kappa shape index (κ1) is 17.8. The highest BCUT2D eigenvalue weighted by Crippen LogP contribution is 2.34. The van der Waals surface area contributed by atoms with Crippen LogP contribution >= 0.6 is 0 Å². The molecule has 1 aromatic rings. The van der Waals surface area contributed by atoms with Gasteiger partial charge < -0.3 is 15.0 Å². The number of anilines is 1. The fourth-order valence-electron chi connectivity index (χ4n) is 2.07. The van der Waals surface area contributed by atoms with Crippen molar-refractivity contribution in [2.24, 2.45) is 0 Å². The highest BCUT2D eigenvalue weighted by molar-refractivity contribution is 5.52. The van der Waals surface area contributed by atoms with Gasteiger partial charge in [-0.25, -0.2) is 0 Å². The molecular weight excluding hydrogens is 281 g/mol. The van der Waals surface area contributed by atoms with Crippen molar-refractivity contribution in [1.82, 2.24) is 5.32 Å². The summed E-state index contributed by atoms with van der Waals surface area (Å²) < 4.78 is 44.6. The minimum atomic E-state index is -4.36. The van der Waals surface area contributed by atoms with Crippen LogP contribution in [0.2, 0.25) is 0 Å². The van der Waals surface area contributed by atoms with Crippen LogP contribution in [-0.2, 0) is 17.5 Å². The van der Waals surface area contributed by atoms with E-state index in [1.54, 1.807) is 25.1 Å². The third-order valence-corrected chi connectivity index (χ3v) is 3.44. The van der Waals surface area contributed by atoms with E-state index >= 15 is 0 Å². The largest absolute Gasteiger partial charge is 0.416 e. The number of likely N-dealkylation sites (N-methyl/N-ethyl adjacent to an activating group) is 1. The Morgan fingerprint density at radius 3 is 2.52 bits per heavy atom. The van der Waals surface area contributed by atoms with Crippen LogP contribution < -0.4 is 10.2 Å². The molecule has 0 aliphatic carbocycles. The highest BCUT2D eigenvalue weighted by Gasteiger charge is 2.33. The Bertz CT molecular complexity index is 449. The number of rotatable bonds is 7. The lowest BCUT2D eigenvalue weighted by molar-refractivity contribution is -0.138. The predicted octanol–water partition coefficient (Wildman–Crippen LogP) is 3.29. The Balaban J connectivity index is 3.09. The van der Waals surface area contributed by atoms with Crippen LogP contribution in [0.1, 0.15) is 25.0 Å². The molecule has 3 nitrogen and oxygen atoms in total. The summed E-state index contributed by atoms with van der Waals surface area (Å²) in [5.41, 5.74) is 0.213. The van der Waals surface area contributed by atoms with Gasteiger partial charge in [0, 0.05) is 32.4 Å². The lowest BCUT2D eigenvalue weighted by atomic mass is 10.0. The number of halogens is 3. The molecule has 0 aliphatic rings. The number of hydrogen-bond acceptors (Lipinski definition) is 3. The molecule has 0 spiro atoms. The van der Waals surface area contributed by atoms with Crippen molar-refractivity contribution in [1.29, 1.82) is 0 Å². The van der Waals surface area contributed by atoms with Crippen LogP contribution in [0.3, 0.4) is 0 Å². The quantitative estimate of drug-likeness (QED) is 0.836. The number of alkyl halides is 3. The van der Waals surface area contributed by atoms with Crippen molar-refractivity contribution in [3.05, 3.63) is 29.3 Å². The van der Waals surface area contributed by atoms with E-state index < -0.39 is 11.7 Å². The average molecular weight is 304 g/mol. The summed E-state index contributed by atoms with van der Waals surface area (Å²) in [7, 11) is 3.34. The zero-order valence-corrected chi connectivity index (χ0v) is 12.9. The molecule has 1 rings (SSSR count). The Morgan fingerprint density at radius 1 is 1.33 bits per heavy atom. The summed E-state index contributed by atoms with van der Waals surface area (Å²) in [4.78, 5) is 1.79. The van der Waals surface area contributed by atoms with Crippen LogP contribution in [0.15, 0.2) is 18.2 Å². The summed E-state index contributed by atoms with van der Waals surface area (Å²) >= 11 is 0. The van der Waals surface area contributed by atoms with E-state index in [-0.39, 0.29) is 18.2 Å². The molecule has 0 aliphatic heterocycles. The molecule has 1 atom stereocenters. The summed E-state index contributed by atoms with van der Waals surface area (Å²) in [6, 6.07) is 4.46. The Morgan fingerprint density at radius 2 is 2.00 bits per heavy atom. The van der Waals surface area contributed by atoms with E-state index in [2.05, 4.69) is 5.32 Å². The minimum Gasteiger partial charge on any atom is -0.383 e. The first-order chi connectivity index (χ1) is 9.81. The van der Waals surface area contributed by atoms with Gasteiger partial charge in [-0.15, -0.1) is 0 Å². The highest BCUT2D eigenvalue weighted by atomic mass is 19.4. The molecule has 1 N–H and O–H groups in total. The van der Waals surface area contributed by atoms with Gasteiger partial charge in [-0.1, -0.05) is 13.0 Å². The topological polar surface area (TPSA) is 24.5 Å². The molecular formula is C15H23F3N2O.